The van der Waals surface area contributed by atoms with Crippen LogP contribution in [0.2, 0.25) is 0 Å². The Hall–Kier alpha value is -3.76. The summed E-state index contributed by atoms with van der Waals surface area (Å²) in [5.74, 6) is 1.51. The molecule has 4 heterocycles. The lowest BCUT2D eigenvalue weighted by molar-refractivity contribution is 0.0489. The van der Waals surface area contributed by atoms with Crippen LogP contribution in [0.25, 0.3) is 22.4 Å². The van der Waals surface area contributed by atoms with Gasteiger partial charge >= 0.3 is 6.09 Å². The number of halogens is 1. The predicted octanol–water partition coefficient (Wildman–Crippen LogP) is 3.02. The molecular formula is C23H24FN5O5. The smallest absolute Gasteiger partial charge is 0.407 e. The predicted molar refractivity (Wildman–Crippen MR) is 121 cm³/mol. The Morgan fingerprint density at radius 3 is 2.76 bits per heavy atom. The zero-order valence-electron chi connectivity index (χ0n) is 18.9. The van der Waals surface area contributed by atoms with E-state index in [9.17, 15) is 14.7 Å². The number of rotatable bonds is 4. The number of alkyl halides is 1. The maximum Gasteiger partial charge on any atom is 0.407 e. The highest BCUT2D eigenvalue weighted by Gasteiger charge is 2.51. The van der Waals surface area contributed by atoms with Crippen LogP contribution in [0, 0.1) is 6.92 Å². The van der Waals surface area contributed by atoms with Crippen molar-refractivity contribution in [2.45, 2.75) is 50.5 Å². The minimum Gasteiger partial charge on any atom is -0.496 e. The Balaban J connectivity index is 1.44. The Labute approximate surface area is 194 Å². The molecule has 2 aromatic heterocycles. The molecule has 11 heteroatoms. The number of anilines is 1. The van der Waals surface area contributed by atoms with Crippen molar-refractivity contribution in [2.75, 3.05) is 19.1 Å². The first kappa shape index (κ1) is 22.1. The highest BCUT2D eigenvalue weighted by Crippen LogP contribution is 2.40. The maximum atomic E-state index is 15.3. The lowest BCUT2D eigenvalue weighted by atomic mass is 9.94. The molecule has 2 bridgehead atoms. The Morgan fingerprint density at radius 1 is 1.29 bits per heavy atom. The average molecular weight is 469 g/mol. The maximum absolute atomic E-state index is 15.3. The zero-order chi connectivity index (χ0) is 24.1. The van der Waals surface area contributed by atoms with Gasteiger partial charge in [-0.3, -0.25) is 9.69 Å². The van der Waals surface area contributed by atoms with Gasteiger partial charge in [-0.05, 0) is 38.3 Å². The van der Waals surface area contributed by atoms with Gasteiger partial charge in [-0.25, -0.2) is 14.2 Å². The molecule has 0 saturated carbocycles. The summed E-state index contributed by atoms with van der Waals surface area (Å²) >= 11 is 0. The third kappa shape index (κ3) is 3.51. The molecule has 0 spiro atoms. The minimum absolute atomic E-state index is 0.177. The number of fused-ring (bicyclic) bond motifs is 3. The molecule has 1 aromatic carbocycles. The van der Waals surface area contributed by atoms with Crippen LogP contribution >= 0.6 is 0 Å². The third-order valence-electron chi connectivity index (χ3n) is 6.84. The summed E-state index contributed by atoms with van der Waals surface area (Å²) < 4.78 is 26.4. The second-order valence-corrected chi connectivity index (χ2v) is 8.76. The van der Waals surface area contributed by atoms with Gasteiger partial charge in [-0.15, -0.1) is 10.2 Å². The molecule has 2 aliphatic rings. The Morgan fingerprint density at radius 2 is 2.09 bits per heavy atom. The number of hydrogen-bond acceptors (Lipinski definition) is 8. The number of methoxy groups -OCH3 is 1. The number of hydrogen-bond donors (Lipinski definition) is 1. The van der Waals surface area contributed by atoms with Crippen LogP contribution < -0.4 is 15.1 Å². The van der Waals surface area contributed by atoms with Crippen molar-refractivity contribution >= 4 is 22.9 Å². The van der Waals surface area contributed by atoms with Gasteiger partial charge in [0.15, 0.2) is 17.1 Å². The number of ether oxygens (including phenoxy) is 1. The first-order chi connectivity index (χ1) is 16.3. The number of benzene rings is 1. The number of carboxylic acid groups (broad SMARTS) is 1. The Bertz CT molecular complexity index is 1310. The molecule has 0 radical (unpaired) electrons. The van der Waals surface area contributed by atoms with E-state index >= 15 is 4.39 Å². The van der Waals surface area contributed by atoms with Gasteiger partial charge < -0.3 is 19.2 Å². The largest absolute Gasteiger partial charge is 0.496 e. The molecule has 2 aliphatic heterocycles. The van der Waals surface area contributed by atoms with Crippen molar-refractivity contribution in [3.05, 3.63) is 40.4 Å². The molecule has 2 fully saturated rings. The van der Waals surface area contributed by atoms with Crippen LogP contribution in [0.4, 0.5) is 15.0 Å². The van der Waals surface area contributed by atoms with E-state index in [2.05, 4.69) is 15.2 Å². The van der Waals surface area contributed by atoms with Crippen LogP contribution in [0.1, 0.15) is 25.0 Å². The van der Waals surface area contributed by atoms with E-state index in [4.69, 9.17) is 9.15 Å². The first-order valence-corrected chi connectivity index (χ1v) is 11.0. The van der Waals surface area contributed by atoms with E-state index in [1.807, 2.05) is 0 Å². The number of aromatic nitrogens is 3. The van der Waals surface area contributed by atoms with E-state index < -0.39 is 24.3 Å². The van der Waals surface area contributed by atoms with Crippen molar-refractivity contribution in [1.29, 1.82) is 0 Å². The van der Waals surface area contributed by atoms with E-state index in [-0.39, 0.29) is 17.3 Å². The fourth-order valence-corrected chi connectivity index (χ4v) is 5.16. The van der Waals surface area contributed by atoms with E-state index in [0.29, 0.717) is 53.1 Å². The highest BCUT2D eigenvalue weighted by atomic mass is 19.1. The van der Waals surface area contributed by atoms with Gasteiger partial charge in [0.25, 0.3) is 0 Å². The van der Waals surface area contributed by atoms with Crippen molar-refractivity contribution in [1.82, 2.24) is 20.1 Å². The van der Waals surface area contributed by atoms with Crippen molar-refractivity contribution < 1.29 is 23.4 Å². The normalized spacial score (nSPS) is 23.8. The van der Waals surface area contributed by atoms with Crippen molar-refractivity contribution in [3.63, 3.8) is 0 Å². The molecular weight excluding hydrogens is 445 g/mol. The lowest BCUT2D eigenvalue weighted by Crippen LogP contribution is -2.58. The third-order valence-corrected chi connectivity index (χ3v) is 6.84. The van der Waals surface area contributed by atoms with Crippen LogP contribution in [-0.4, -0.2) is 69.7 Å². The van der Waals surface area contributed by atoms with Gasteiger partial charge in [0, 0.05) is 19.2 Å². The summed E-state index contributed by atoms with van der Waals surface area (Å²) in [4.78, 5) is 31.2. The van der Waals surface area contributed by atoms with Gasteiger partial charge in [-0.2, -0.15) is 0 Å². The molecule has 3 aromatic rings. The molecule has 1 N–H and O–H groups in total. The molecule has 178 valence electrons. The second kappa shape index (κ2) is 8.23. The number of amides is 1. The Kier molecular flexibility index (Phi) is 5.34. The monoisotopic (exact) mass is 469 g/mol. The molecule has 5 rings (SSSR count). The molecule has 0 aliphatic carbocycles. The van der Waals surface area contributed by atoms with Crippen molar-refractivity contribution in [3.8, 4) is 17.1 Å². The lowest BCUT2D eigenvalue weighted by Gasteiger charge is -2.43. The molecule has 34 heavy (non-hydrogen) atoms. The molecule has 1 amide bonds. The molecule has 2 saturated heterocycles. The zero-order valence-corrected chi connectivity index (χ0v) is 18.9. The standard InChI is InChI=1S/C23H24FN5O5/c1-11-6-17(30)13-8-18(33-3)14(9-19(13)34-11)22-25-10-20(26-27-22)28(2)16-7-12-4-5-15(21(16)24)29(12)23(31)32/h6,8-10,12,15-16,21H,4-5,7H2,1-3H3,(H,31,32)/t12-,15+,16-,21+/m0/s1. The summed E-state index contributed by atoms with van der Waals surface area (Å²) in [5.41, 5.74) is 0.705. The summed E-state index contributed by atoms with van der Waals surface area (Å²) in [6.45, 7) is 1.69. The van der Waals surface area contributed by atoms with Gasteiger partial charge in [0.05, 0.1) is 36.3 Å². The SMILES string of the molecule is COc1cc2c(=O)cc(C)oc2cc1-c1ncc(N(C)[C@H]2C[C@@H]3CC[C@H]([C@H]2F)N3C(=O)O)nn1. The van der Waals surface area contributed by atoms with Gasteiger partial charge in [-0.1, -0.05) is 0 Å². The molecule has 10 nitrogen and oxygen atoms in total. The van der Waals surface area contributed by atoms with E-state index in [1.165, 1.54) is 24.3 Å². The highest BCUT2D eigenvalue weighted by molar-refractivity contribution is 5.85. The summed E-state index contributed by atoms with van der Waals surface area (Å²) in [7, 11) is 3.20. The van der Waals surface area contributed by atoms with Crippen LogP contribution in [0.3, 0.4) is 0 Å². The molecule has 0 unspecified atom stereocenters. The second-order valence-electron chi connectivity index (χ2n) is 8.76. The number of piperidine rings is 1. The minimum atomic E-state index is -1.34. The fraction of sp³-hybridized carbons (Fsp3) is 0.435. The summed E-state index contributed by atoms with van der Waals surface area (Å²) in [6.07, 6.45) is 0.632. The fourth-order valence-electron chi connectivity index (χ4n) is 5.16. The first-order valence-electron chi connectivity index (χ1n) is 11.0. The number of nitrogens with zero attached hydrogens (tertiary/aromatic N) is 5. The van der Waals surface area contributed by atoms with Gasteiger partial charge in [0.2, 0.25) is 0 Å². The van der Waals surface area contributed by atoms with E-state index in [1.54, 1.807) is 31.0 Å². The average Bonchev–Trinajstić information content (AvgIpc) is 3.17. The summed E-state index contributed by atoms with van der Waals surface area (Å²) in [5, 5.41) is 18.3. The summed E-state index contributed by atoms with van der Waals surface area (Å²) in [6, 6.07) is 3.25. The van der Waals surface area contributed by atoms with Crippen LogP contribution in [0.5, 0.6) is 5.75 Å². The molecule has 4 atom stereocenters. The quantitative estimate of drug-likeness (QED) is 0.614. The number of carbonyl (C=O) groups is 1. The van der Waals surface area contributed by atoms with Crippen molar-refractivity contribution in [2.24, 2.45) is 0 Å². The number of aryl methyl sites for hydroxylation is 1. The van der Waals surface area contributed by atoms with E-state index in [0.717, 1.165) is 0 Å². The van der Waals surface area contributed by atoms with Gasteiger partial charge in [0.1, 0.15) is 23.3 Å². The topological polar surface area (TPSA) is 122 Å². The van der Waals surface area contributed by atoms with Crippen LogP contribution in [0.15, 0.2) is 33.6 Å². The van der Waals surface area contributed by atoms with Crippen LogP contribution in [-0.2, 0) is 0 Å².